The molecule has 0 amide bonds. The number of aryl methyl sites for hydroxylation is 1. The number of hydrogen-bond acceptors (Lipinski definition) is 7. The van der Waals surface area contributed by atoms with Gasteiger partial charge in [-0.05, 0) is 56.2 Å². The van der Waals surface area contributed by atoms with Crippen LogP contribution < -0.4 is 14.4 Å². The van der Waals surface area contributed by atoms with Gasteiger partial charge < -0.3 is 14.4 Å². The number of anilines is 2. The average Bonchev–Trinajstić information content (AvgIpc) is 3.59. The average molecular weight is 497 g/mol. The SMILES string of the molecule is COc1cc(OC)cc(N(CCCC2CC[C@H](C#N)C2)c2ccc3ncc(-c4cnn(C)c4)nc3c2)c1. The van der Waals surface area contributed by atoms with Crippen molar-refractivity contribution >= 4 is 22.4 Å². The second-order valence-corrected chi connectivity index (χ2v) is 9.70. The minimum Gasteiger partial charge on any atom is -0.497 e. The fourth-order valence-corrected chi connectivity index (χ4v) is 5.21. The number of rotatable bonds is 9. The summed E-state index contributed by atoms with van der Waals surface area (Å²) in [5, 5.41) is 13.5. The molecule has 1 fully saturated rings. The van der Waals surface area contributed by atoms with Crippen LogP contribution in [0.4, 0.5) is 11.4 Å². The van der Waals surface area contributed by atoms with E-state index < -0.39 is 0 Å². The van der Waals surface area contributed by atoms with Crippen molar-refractivity contribution in [3.63, 3.8) is 0 Å². The third kappa shape index (κ3) is 5.51. The van der Waals surface area contributed by atoms with Crippen molar-refractivity contribution in [2.24, 2.45) is 18.9 Å². The van der Waals surface area contributed by atoms with E-state index in [1.807, 2.05) is 37.5 Å². The first kappa shape index (κ1) is 24.6. The lowest BCUT2D eigenvalue weighted by Gasteiger charge is -2.27. The molecule has 0 saturated heterocycles. The quantitative estimate of drug-likeness (QED) is 0.285. The predicted octanol–water partition coefficient (Wildman–Crippen LogP) is 5.91. The van der Waals surface area contributed by atoms with Crippen LogP contribution in [0.15, 0.2) is 55.0 Å². The summed E-state index contributed by atoms with van der Waals surface area (Å²) in [5.74, 6) is 2.32. The molecule has 2 aromatic heterocycles. The molecular formula is C29H32N6O2. The number of nitrogens with zero attached hydrogens (tertiary/aromatic N) is 6. The highest BCUT2D eigenvalue weighted by Gasteiger charge is 2.24. The van der Waals surface area contributed by atoms with Gasteiger partial charge in [-0.3, -0.25) is 9.67 Å². The van der Waals surface area contributed by atoms with Crippen LogP contribution in [0.25, 0.3) is 22.3 Å². The van der Waals surface area contributed by atoms with E-state index in [0.717, 1.165) is 83.8 Å². The van der Waals surface area contributed by atoms with Gasteiger partial charge in [-0.1, -0.05) is 0 Å². The third-order valence-electron chi connectivity index (χ3n) is 7.20. The monoisotopic (exact) mass is 496 g/mol. The van der Waals surface area contributed by atoms with E-state index in [1.54, 1.807) is 31.3 Å². The second-order valence-electron chi connectivity index (χ2n) is 9.70. The second kappa shape index (κ2) is 10.9. The molecule has 1 aliphatic rings. The molecular weight excluding hydrogens is 464 g/mol. The van der Waals surface area contributed by atoms with Gasteiger partial charge in [0, 0.05) is 60.8 Å². The molecule has 0 spiro atoms. The van der Waals surface area contributed by atoms with E-state index in [1.165, 1.54) is 0 Å². The molecule has 4 aromatic rings. The van der Waals surface area contributed by atoms with Crippen LogP contribution in [0.2, 0.25) is 0 Å². The van der Waals surface area contributed by atoms with Gasteiger partial charge in [-0.2, -0.15) is 10.4 Å². The van der Waals surface area contributed by atoms with E-state index in [2.05, 4.69) is 33.2 Å². The topological polar surface area (TPSA) is 89.1 Å². The van der Waals surface area contributed by atoms with Crippen LogP contribution in [0, 0.1) is 23.2 Å². The Balaban J connectivity index is 1.47. The standard InChI is InChI=1S/C29H32N6O2/c1-34-19-22(17-32-34)29-18-31-27-9-8-23(14-28(27)33-29)35(10-4-5-20-6-7-21(11-20)16-30)24-12-25(36-2)15-26(13-24)37-3/h8-9,12-15,17-21H,4-7,10-11H2,1-3H3/t20?,21-/m0/s1. The molecule has 8 heteroatoms. The first-order valence-electron chi connectivity index (χ1n) is 12.7. The van der Waals surface area contributed by atoms with Gasteiger partial charge in [0.25, 0.3) is 0 Å². The summed E-state index contributed by atoms with van der Waals surface area (Å²) in [6.45, 7) is 0.825. The number of aromatic nitrogens is 4. The molecule has 0 aliphatic heterocycles. The number of hydrogen-bond donors (Lipinski definition) is 0. The highest BCUT2D eigenvalue weighted by atomic mass is 16.5. The number of ether oxygens (including phenoxy) is 2. The molecule has 5 rings (SSSR count). The van der Waals surface area contributed by atoms with Gasteiger partial charge >= 0.3 is 0 Å². The molecule has 0 radical (unpaired) electrons. The normalized spacial score (nSPS) is 17.0. The number of methoxy groups -OCH3 is 2. The molecule has 0 bridgehead atoms. The van der Waals surface area contributed by atoms with Gasteiger partial charge in [-0.25, -0.2) is 4.98 Å². The van der Waals surface area contributed by atoms with Crippen LogP contribution in [-0.4, -0.2) is 40.5 Å². The third-order valence-corrected chi connectivity index (χ3v) is 7.20. The highest BCUT2D eigenvalue weighted by molar-refractivity contribution is 5.82. The van der Waals surface area contributed by atoms with Crippen LogP contribution in [-0.2, 0) is 7.05 Å². The minimum atomic E-state index is 0.219. The number of fused-ring (bicyclic) bond motifs is 1. The Morgan fingerprint density at radius 3 is 2.51 bits per heavy atom. The van der Waals surface area contributed by atoms with Gasteiger partial charge in [0.15, 0.2) is 0 Å². The van der Waals surface area contributed by atoms with E-state index in [4.69, 9.17) is 14.5 Å². The Morgan fingerprint density at radius 2 is 1.84 bits per heavy atom. The Hall–Kier alpha value is -4.12. The summed E-state index contributed by atoms with van der Waals surface area (Å²) in [7, 11) is 5.22. The fourth-order valence-electron chi connectivity index (χ4n) is 5.21. The van der Waals surface area contributed by atoms with Crippen molar-refractivity contribution < 1.29 is 9.47 Å². The molecule has 2 aromatic carbocycles. The van der Waals surface area contributed by atoms with Gasteiger partial charge in [0.2, 0.25) is 0 Å². The summed E-state index contributed by atoms with van der Waals surface area (Å²) in [4.78, 5) is 11.8. The molecule has 2 heterocycles. The predicted molar refractivity (Wildman–Crippen MR) is 144 cm³/mol. The molecule has 1 aliphatic carbocycles. The Kier molecular flexibility index (Phi) is 7.22. The van der Waals surface area contributed by atoms with Crippen LogP contribution in [0.1, 0.15) is 32.1 Å². The first-order chi connectivity index (χ1) is 18.1. The van der Waals surface area contributed by atoms with E-state index >= 15 is 0 Å². The Morgan fingerprint density at radius 1 is 1.03 bits per heavy atom. The minimum absolute atomic E-state index is 0.219. The largest absolute Gasteiger partial charge is 0.497 e. The maximum absolute atomic E-state index is 9.28. The Bertz CT molecular complexity index is 1400. The lowest BCUT2D eigenvalue weighted by atomic mass is 10.00. The van der Waals surface area contributed by atoms with Gasteiger partial charge in [0.1, 0.15) is 11.5 Å². The highest BCUT2D eigenvalue weighted by Crippen LogP contribution is 2.36. The number of benzene rings is 2. The van der Waals surface area contributed by atoms with Crippen LogP contribution in [0.5, 0.6) is 11.5 Å². The summed E-state index contributed by atoms with van der Waals surface area (Å²) in [6, 6.07) is 14.6. The van der Waals surface area contributed by atoms with Crippen molar-refractivity contribution in [3.05, 3.63) is 55.0 Å². The molecule has 0 N–H and O–H groups in total. The lowest BCUT2D eigenvalue weighted by molar-refractivity contribution is 0.394. The summed E-state index contributed by atoms with van der Waals surface area (Å²) >= 11 is 0. The van der Waals surface area contributed by atoms with Crippen molar-refractivity contribution in [2.45, 2.75) is 32.1 Å². The van der Waals surface area contributed by atoms with Crippen molar-refractivity contribution in [1.82, 2.24) is 19.7 Å². The van der Waals surface area contributed by atoms with E-state index in [-0.39, 0.29) is 5.92 Å². The molecule has 1 unspecified atom stereocenters. The maximum Gasteiger partial charge on any atom is 0.124 e. The zero-order valence-corrected chi connectivity index (χ0v) is 21.6. The smallest absolute Gasteiger partial charge is 0.124 e. The zero-order chi connectivity index (χ0) is 25.8. The van der Waals surface area contributed by atoms with E-state index in [0.29, 0.717) is 5.92 Å². The fraction of sp³-hybridized carbons (Fsp3) is 0.379. The van der Waals surface area contributed by atoms with Gasteiger partial charge in [-0.15, -0.1) is 0 Å². The van der Waals surface area contributed by atoms with Crippen molar-refractivity contribution in [3.8, 4) is 28.8 Å². The Labute approximate surface area is 217 Å². The molecule has 1 saturated carbocycles. The molecule has 2 atom stereocenters. The van der Waals surface area contributed by atoms with Crippen molar-refractivity contribution in [2.75, 3.05) is 25.7 Å². The zero-order valence-electron chi connectivity index (χ0n) is 21.6. The van der Waals surface area contributed by atoms with Crippen molar-refractivity contribution in [1.29, 1.82) is 5.26 Å². The van der Waals surface area contributed by atoms with Gasteiger partial charge in [0.05, 0.1) is 49.4 Å². The first-order valence-corrected chi connectivity index (χ1v) is 12.7. The number of nitriles is 1. The lowest BCUT2D eigenvalue weighted by Crippen LogP contribution is -2.19. The summed E-state index contributed by atoms with van der Waals surface area (Å²) in [6.07, 6.45) is 10.8. The van der Waals surface area contributed by atoms with Crippen LogP contribution in [0.3, 0.4) is 0 Å². The molecule has 37 heavy (non-hydrogen) atoms. The summed E-state index contributed by atoms with van der Waals surface area (Å²) < 4.78 is 12.9. The summed E-state index contributed by atoms with van der Waals surface area (Å²) in [5.41, 5.74) is 5.42. The molecule has 190 valence electrons. The van der Waals surface area contributed by atoms with Crippen LogP contribution >= 0.6 is 0 Å². The van der Waals surface area contributed by atoms with E-state index in [9.17, 15) is 5.26 Å². The molecule has 8 nitrogen and oxygen atoms in total. The maximum atomic E-state index is 9.28.